The van der Waals surface area contributed by atoms with Gasteiger partial charge in [0.15, 0.2) is 4.80 Å². The van der Waals surface area contributed by atoms with Gasteiger partial charge >= 0.3 is 5.97 Å². The van der Waals surface area contributed by atoms with E-state index in [1.54, 1.807) is 50.8 Å². The van der Waals surface area contributed by atoms with Crippen molar-refractivity contribution in [3.63, 3.8) is 0 Å². The van der Waals surface area contributed by atoms with Gasteiger partial charge in [-0.15, -0.1) is 0 Å². The third-order valence-corrected chi connectivity index (χ3v) is 7.12. The van der Waals surface area contributed by atoms with Crippen molar-refractivity contribution in [1.82, 2.24) is 4.57 Å². The van der Waals surface area contributed by atoms with Crippen LogP contribution in [0.25, 0.3) is 6.08 Å². The van der Waals surface area contributed by atoms with Gasteiger partial charge in [-0.05, 0) is 78.4 Å². The van der Waals surface area contributed by atoms with E-state index in [1.165, 1.54) is 11.3 Å². The van der Waals surface area contributed by atoms with E-state index in [2.05, 4.69) is 27.6 Å². The normalized spacial score (nSPS) is 15.6. The number of carbonyl (C=O) groups excluding carboxylic acids is 1. The molecule has 9 heteroatoms. The number of halogens is 1. The molecule has 2 aromatic carbocycles. The van der Waals surface area contributed by atoms with E-state index >= 15 is 0 Å². The number of esters is 1. The first-order valence-electron chi connectivity index (χ1n) is 10.5. The van der Waals surface area contributed by atoms with Crippen LogP contribution in [0.5, 0.6) is 11.5 Å². The molecule has 0 saturated carbocycles. The quantitative estimate of drug-likeness (QED) is 0.325. The summed E-state index contributed by atoms with van der Waals surface area (Å²) in [6.07, 6.45) is 1.84. The Morgan fingerprint density at radius 3 is 2.56 bits per heavy atom. The summed E-state index contributed by atoms with van der Waals surface area (Å²) in [6, 6.07) is 12.4. The summed E-state index contributed by atoms with van der Waals surface area (Å²) < 4.78 is 19.6. The van der Waals surface area contributed by atoms with E-state index in [4.69, 9.17) is 14.2 Å². The maximum absolute atomic E-state index is 13.7. The number of aromatic nitrogens is 1. The van der Waals surface area contributed by atoms with Gasteiger partial charge < -0.3 is 14.2 Å². The lowest BCUT2D eigenvalue weighted by molar-refractivity contribution is -0.139. The molecule has 0 radical (unpaired) electrons. The molecule has 1 aliphatic rings. The Bertz CT molecular complexity index is 1450. The molecule has 0 spiro atoms. The smallest absolute Gasteiger partial charge is 0.338 e. The lowest BCUT2D eigenvalue weighted by Crippen LogP contribution is -2.40. The highest BCUT2D eigenvalue weighted by Crippen LogP contribution is 2.37. The van der Waals surface area contributed by atoms with Crippen molar-refractivity contribution >= 4 is 46.0 Å². The van der Waals surface area contributed by atoms with Gasteiger partial charge in [-0.25, -0.2) is 9.79 Å². The molecule has 7 nitrogen and oxygen atoms in total. The molecule has 1 atom stereocenters. The van der Waals surface area contributed by atoms with Crippen LogP contribution in [0.1, 0.15) is 31.0 Å². The van der Waals surface area contributed by atoms with Crippen LogP contribution in [0.2, 0.25) is 0 Å². The first-order chi connectivity index (χ1) is 16.4. The van der Waals surface area contributed by atoms with Crippen LogP contribution in [0, 0.1) is 3.57 Å². The van der Waals surface area contributed by atoms with Crippen molar-refractivity contribution in [2.24, 2.45) is 4.99 Å². The highest BCUT2D eigenvalue weighted by molar-refractivity contribution is 14.1. The first-order valence-corrected chi connectivity index (χ1v) is 12.4. The summed E-state index contributed by atoms with van der Waals surface area (Å²) in [7, 11) is 3.11. The third-order valence-electron chi connectivity index (χ3n) is 5.42. The second-order valence-electron chi connectivity index (χ2n) is 7.46. The van der Waals surface area contributed by atoms with Crippen LogP contribution in [0.15, 0.2) is 63.5 Å². The average Bonchev–Trinajstić information content (AvgIpc) is 3.13. The van der Waals surface area contributed by atoms with E-state index in [9.17, 15) is 9.59 Å². The predicted octanol–water partition coefficient (Wildman–Crippen LogP) is 3.42. The van der Waals surface area contributed by atoms with Gasteiger partial charge in [0.1, 0.15) is 17.5 Å². The fourth-order valence-electron chi connectivity index (χ4n) is 3.85. The molecule has 0 unspecified atom stereocenters. The molecule has 1 aliphatic heterocycles. The zero-order valence-electron chi connectivity index (χ0n) is 19.1. The Morgan fingerprint density at radius 1 is 1.18 bits per heavy atom. The van der Waals surface area contributed by atoms with Crippen LogP contribution in [-0.2, 0) is 9.53 Å². The first kappa shape index (κ1) is 24.2. The highest BCUT2D eigenvalue weighted by atomic mass is 127. The lowest BCUT2D eigenvalue weighted by Gasteiger charge is -2.26. The number of fused-ring (bicyclic) bond motifs is 1. The number of hydrogen-bond donors (Lipinski definition) is 0. The van der Waals surface area contributed by atoms with Crippen LogP contribution >= 0.6 is 33.9 Å². The molecule has 2 heterocycles. The summed E-state index contributed by atoms with van der Waals surface area (Å²) >= 11 is 3.52. The zero-order chi connectivity index (χ0) is 24.4. The van der Waals surface area contributed by atoms with Crippen molar-refractivity contribution in [3.05, 3.63) is 88.1 Å². The van der Waals surface area contributed by atoms with E-state index in [1.807, 2.05) is 30.3 Å². The summed E-state index contributed by atoms with van der Waals surface area (Å²) in [4.78, 5) is 31.9. The second kappa shape index (κ2) is 10.1. The number of rotatable bonds is 6. The van der Waals surface area contributed by atoms with Gasteiger partial charge in [0.25, 0.3) is 5.56 Å². The number of methoxy groups -OCH3 is 2. The maximum Gasteiger partial charge on any atom is 0.338 e. The molecule has 0 aliphatic carbocycles. The minimum absolute atomic E-state index is 0.203. The molecular weight excluding hydrogens is 567 g/mol. The van der Waals surface area contributed by atoms with Crippen LogP contribution in [0.4, 0.5) is 0 Å². The highest BCUT2D eigenvalue weighted by Gasteiger charge is 2.35. The Balaban J connectivity index is 2.01. The summed E-state index contributed by atoms with van der Waals surface area (Å²) in [6.45, 7) is 3.70. The van der Waals surface area contributed by atoms with Crippen molar-refractivity contribution in [2.45, 2.75) is 19.9 Å². The number of benzene rings is 2. The van der Waals surface area contributed by atoms with Gasteiger partial charge in [-0.3, -0.25) is 9.36 Å². The number of allylic oxidation sites excluding steroid dienone is 1. The number of hydrogen-bond acceptors (Lipinski definition) is 7. The van der Waals surface area contributed by atoms with E-state index in [0.717, 1.165) is 9.13 Å². The molecule has 0 saturated heterocycles. The fourth-order valence-corrected chi connectivity index (χ4v) is 5.26. The summed E-state index contributed by atoms with van der Waals surface area (Å²) in [5.74, 6) is 0.578. The Labute approximate surface area is 214 Å². The van der Waals surface area contributed by atoms with Crippen molar-refractivity contribution in [1.29, 1.82) is 0 Å². The molecule has 3 aromatic rings. The Hall–Kier alpha value is -2.92. The zero-order valence-corrected chi connectivity index (χ0v) is 22.1. The molecule has 0 amide bonds. The molecule has 1 aromatic heterocycles. The van der Waals surface area contributed by atoms with Gasteiger partial charge in [0.05, 0.1) is 36.6 Å². The van der Waals surface area contributed by atoms with E-state index < -0.39 is 12.0 Å². The number of nitrogens with zero attached hydrogens (tertiary/aromatic N) is 2. The van der Waals surface area contributed by atoms with Crippen LogP contribution < -0.4 is 24.4 Å². The van der Waals surface area contributed by atoms with Crippen LogP contribution in [-0.4, -0.2) is 31.4 Å². The van der Waals surface area contributed by atoms with Gasteiger partial charge in [-0.2, -0.15) is 0 Å². The monoisotopic (exact) mass is 590 g/mol. The molecule has 0 bridgehead atoms. The molecule has 4 rings (SSSR count). The lowest BCUT2D eigenvalue weighted by atomic mass is 9.94. The van der Waals surface area contributed by atoms with E-state index in [0.29, 0.717) is 37.7 Å². The van der Waals surface area contributed by atoms with Crippen molar-refractivity contribution in [3.8, 4) is 11.5 Å². The number of carbonyl (C=O) groups is 1. The second-order valence-corrected chi connectivity index (χ2v) is 9.72. The topological polar surface area (TPSA) is 79.1 Å². The number of ether oxygens (including phenoxy) is 3. The SMILES string of the molecule is CCOC(=O)C1=C(C)N=c2s/c(=C/c3ccc(I)cc3)c(=O)n2[C@@H]1c1cc(OC)ccc1OC. The summed E-state index contributed by atoms with van der Waals surface area (Å²) in [5.41, 5.74) is 2.06. The molecule has 34 heavy (non-hydrogen) atoms. The predicted molar refractivity (Wildman–Crippen MR) is 139 cm³/mol. The number of thiazole rings is 1. The van der Waals surface area contributed by atoms with Crippen LogP contribution in [0.3, 0.4) is 0 Å². The maximum atomic E-state index is 13.7. The Morgan fingerprint density at radius 2 is 1.91 bits per heavy atom. The van der Waals surface area contributed by atoms with E-state index in [-0.39, 0.29) is 12.2 Å². The molecule has 0 N–H and O–H groups in total. The third kappa shape index (κ3) is 4.54. The molecule has 0 fully saturated rings. The molecule has 176 valence electrons. The standard InChI is InChI=1S/C25H23IN2O5S/c1-5-33-24(30)21-14(2)27-25-28(22(21)18-13-17(31-3)10-11-19(18)32-4)23(29)20(34-25)12-15-6-8-16(26)9-7-15/h6-13,22H,5H2,1-4H3/b20-12+/t22-/m1/s1. The fraction of sp³-hybridized carbons (Fsp3) is 0.240. The molecular formula is C25H23IN2O5S. The Kier molecular flexibility index (Phi) is 7.22. The van der Waals surface area contributed by atoms with Gasteiger partial charge in [0.2, 0.25) is 0 Å². The largest absolute Gasteiger partial charge is 0.497 e. The van der Waals surface area contributed by atoms with Gasteiger partial charge in [0, 0.05) is 9.13 Å². The average molecular weight is 590 g/mol. The van der Waals surface area contributed by atoms with Gasteiger partial charge in [-0.1, -0.05) is 23.5 Å². The van der Waals surface area contributed by atoms with Crippen molar-refractivity contribution < 1.29 is 19.0 Å². The summed E-state index contributed by atoms with van der Waals surface area (Å²) in [5, 5.41) is 0. The minimum Gasteiger partial charge on any atom is -0.497 e. The minimum atomic E-state index is -0.778. The van der Waals surface area contributed by atoms with Crippen molar-refractivity contribution in [2.75, 3.05) is 20.8 Å².